The molecule has 19 heavy (non-hydrogen) atoms. The van der Waals surface area contributed by atoms with Gasteiger partial charge in [-0.05, 0) is 37.9 Å². The molecule has 0 saturated carbocycles. The van der Waals surface area contributed by atoms with Crippen molar-refractivity contribution >= 4 is 10.0 Å². The molecular formula is C13H21N3O2S. The Bertz CT molecular complexity index is 578. The Hall–Kier alpha value is -0.950. The Morgan fingerprint density at radius 2 is 2.05 bits per heavy atom. The van der Waals surface area contributed by atoms with Crippen LogP contribution in [0, 0.1) is 13.8 Å². The molecule has 1 aliphatic heterocycles. The Labute approximate surface area is 114 Å². The number of primary sulfonamides is 1. The van der Waals surface area contributed by atoms with Gasteiger partial charge in [-0.2, -0.15) is 0 Å². The average molecular weight is 283 g/mol. The molecule has 0 aliphatic carbocycles. The third-order valence-electron chi connectivity index (χ3n) is 4.05. The molecule has 1 aromatic rings. The molecule has 0 spiro atoms. The van der Waals surface area contributed by atoms with Crippen LogP contribution in [-0.2, 0) is 10.0 Å². The monoisotopic (exact) mass is 283 g/mol. The molecule has 5 N–H and O–H groups in total. The summed E-state index contributed by atoms with van der Waals surface area (Å²) in [5.74, 6) is 0. The molecule has 0 aromatic heterocycles. The van der Waals surface area contributed by atoms with Crippen LogP contribution >= 0.6 is 0 Å². The first-order chi connectivity index (χ1) is 8.78. The molecule has 1 aliphatic rings. The fourth-order valence-corrected chi connectivity index (χ4v) is 3.92. The van der Waals surface area contributed by atoms with Crippen molar-refractivity contribution in [3.8, 4) is 0 Å². The maximum absolute atomic E-state index is 12.0. The molecule has 6 heteroatoms. The largest absolute Gasteiger partial charge is 0.323 e. The topological polar surface area (TPSA) is 98.2 Å². The van der Waals surface area contributed by atoms with Gasteiger partial charge in [0, 0.05) is 6.54 Å². The predicted molar refractivity (Wildman–Crippen MR) is 76.2 cm³/mol. The highest BCUT2D eigenvalue weighted by molar-refractivity contribution is 7.90. The van der Waals surface area contributed by atoms with Crippen LogP contribution in [0.3, 0.4) is 0 Å². The fourth-order valence-electron chi connectivity index (χ4n) is 2.75. The van der Waals surface area contributed by atoms with Crippen LogP contribution in [0.2, 0.25) is 0 Å². The van der Waals surface area contributed by atoms with E-state index in [-0.39, 0.29) is 0 Å². The highest BCUT2D eigenvalue weighted by Gasteiger charge is 2.50. The van der Waals surface area contributed by atoms with E-state index in [0.29, 0.717) is 19.5 Å². The zero-order valence-corrected chi connectivity index (χ0v) is 12.1. The second-order valence-electron chi connectivity index (χ2n) is 5.37. The van der Waals surface area contributed by atoms with Gasteiger partial charge in [-0.25, -0.2) is 13.6 Å². The quantitative estimate of drug-likeness (QED) is 0.744. The van der Waals surface area contributed by atoms with Crippen LogP contribution in [0.1, 0.15) is 29.2 Å². The molecule has 1 fully saturated rings. The lowest BCUT2D eigenvalue weighted by molar-refractivity contribution is 0.463. The SMILES string of the molecule is Cc1ccc(C)c([C@@H](N)C2(S(N)(=O)=O)CCNC2)c1. The third-order valence-corrected chi connectivity index (χ3v) is 5.79. The maximum Gasteiger partial charge on any atom is 0.218 e. The summed E-state index contributed by atoms with van der Waals surface area (Å²) in [5, 5.41) is 8.52. The van der Waals surface area contributed by atoms with Crippen molar-refractivity contribution in [3.05, 3.63) is 34.9 Å². The molecular weight excluding hydrogens is 262 g/mol. The van der Waals surface area contributed by atoms with Crippen molar-refractivity contribution < 1.29 is 8.42 Å². The smallest absolute Gasteiger partial charge is 0.218 e. The van der Waals surface area contributed by atoms with E-state index >= 15 is 0 Å². The lowest BCUT2D eigenvalue weighted by atomic mass is 9.88. The van der Waals surface area contributed by atoms with Gasteiger partial charge in [0.1, 0.15) is 4.75 Å². The van der Waals surface area contributed by atoms with E-state index < -0.39 is 20.8 Å². The van der Waals surface area contributed by atoms with Gasteiger partial charge in [-0.1, -0.05) is 23.8 Å². The number of nitrogens with two attached hydrogens (primary N) is 2. The van der Waals surface area contributed by atoms with Gasteiger partial charge in [0.2, 0.25) is 10.0 Å². The molecule has 1 saturated heterocycles. The van der Waals surface area contributed by atoms with Crippen molar-refractivity contribution in [1.29, 1.82) is 0 Å². The van der Waals surface area contributed by atoms with Gasteiger partial charge in [0.05, 0.1) is 6.04 Å². The van der Waals surface area contributed by atoms with E-state index in [9.17, 15) is 8.42 Å². The summed E-state index contributed by atoms with van der Waals surface area (Å²) in [6, 6.07) is 5.29. The molecule has 1 unspecified atom stereocenters. The lowest BCUT2D eigenvalue weighted by Gasteiger charge is -2.33. The second-order valence-corrected chi connectivity index (χ2v) is 7.28. The van der Waals surface area contributed by atoms with E-state index in [1.165, 1.54) is 0 Å². The van der Waals surface area contributed by atoms with Crippen molar-refractivity contribution in [2.45, 2.75) is 31.1 Å². The third kappa shape index (κ3) is 2.41. The number of hydrogen-bond donors (Lipinski definition) is 3. The van der Waals surface area contributed by atoms with Crippen molar-refractivity contribution in [1.82, 2.24) is 5.32 Å². The normalized spacial score (nSPS) is 25.5. The molecule has 0 radical (unpaired) electrons. The molecule has 1 aromatic carbocycles. The standard InChI is InChI=1S/C13H21N3O2S/c1-9-3-4-10(2)11(7-9)12(14)13(19(15,17)18)5-6-16-8-13/h3-4,7,12,16H,5-6,8,14H2,1-2H3,(H2,15,17,18)/t12-,13?/m1/s1. The number of sulfonamides is 1. The summed E-state index contributed by atoms with van der Waals surface area (Å²) in [7, 11) is -3.73. The van der Waals surface area contributed by atoms with Gasteiger partial charge in [0.15, 0.2) is 0 Å². The zero-order valence-electron chi connectivity index (χ0n) is 11.3. The minimum atomic E-state index is -3.73. The predicted octanol–water partition coefficient (Wildman–Crippen LogP) is 0.324. The number of aryl methyl sites for hydroxylation is 2. The summed E-state index contributed by atoms with van der Waals surface area (Å²) in [4.78, 5) is 0. The van der Waals surface area contributed by atoms with Gasteiger partial charge in [0.25, 0.3) is 0 Å². The zero-order chi connectivity index (χ0) is 14.3. The highest BCUT2D eigenvalue weighted by atomic mass is 32.2. The maximum atomic E-state index is 12.0. The van der Waals surface area contributed by atoms with Crippen LogP contribution in [0.15, 0.2) is 18.2 Å². The van der Waals surface area contributed by atoms with Crippen molar-refractivity contribution in [2.24, 2.45) is 10.9 Å². The van der Waals surface area contributed by atoms with Gasteiger partial charge in [-0.3, -0.25) is 0 Å². The number of rotatable bonds is 3. The molecule has 2 rings (SSSR count). The lowest BCUT2D eigenvalue weighted by Crippen LogP contribution is -2.53. The van der Waals surface area contributed by atoms with E-state index in [4.69, 9.17) is 10.9 Å². The molecule has 2 atom stereocenters. The number of nitrogens with one attached hydrogen (secondary N) is 1. The first-order valence-electron chi connectivity index (χ1n) is 6.34. The van der Waals surface area contributed by atoms with Crippen LogP contribution in [0.25, 0.3) is 0 Å². The first-order valence-corrected chi connectivity index (χ1v) is 7.88. The summed E-state index contributed by atoms with van der Waals surface area (Å²) < 4.78 is 22.9. The fraction of sp³-hybridized carbons (Fsp3) is 0.538. The first kappa shape index (κ1) is 14.5. The van der Waals surface area contributed by atoms with Crippen LogP contribution in [-0.4, -0.2) is 26.3 Å². The molecule has 5 nitrogen and oxygen atoms in total. The van der Waals surface area contributed by atoms with E-state index in [2.05, 4.69) is 5.32 Å². The summed E-state index contributed by atoms with van der Waals surface area (Å²) in [6.07, 6.45) is 0.445. The Morgan fingerprint density at radius 3 is 2.58 bits per heavy atom. The average Bonchev–Trinajstić information content (AvgIpc) is 2.81. The Kier molecular flexibility index (Phi) is 3.70. The van der Waals surface area contributed by atoms with Gasteiger partial charge < -0.3 is 11.1 Å². The molecule has 0 amide bonds. The highest BCUT2D eigenvalue weighted by Crippen LogP contribution is 2.36. The van der Waals surface area contributed by atoms with E-state index in [0.717, 1.165) is 16.7 Å². The van der Waals surface area contributed by atoms with Crippen molar-refractivity contribution in [3.63, 3.8) is 0 Å². The molecule has 106 valence electrons. The van der Waals surface area contributed by atoms with Crippen LogP contribution < -0.4 is 16.2 Å². The molecule has 1 heterocycles. The Morgan fingerprint density at radius 1 is 1.37 bits per heavy atom. The van der Waals surface area contributed by atoms with Gasteiger partial charge in [-0.15, -0.1) is 0 Å². The summed E-state index contributed by atoms with van der Waals surface area (Å²) in [5.41, 5.74) is 9.21. The second kappa shape index (κ2) is 4.86. The number of hydrogen-bond acceptors (Lipinski definition) is 4. The van der Waals surface area contributed by atoms with E-state index in [1.54, 1.807) is 0 Å². The molecule has 0 bridgehead atoms. The Balaban J connectivity index is 2.52. The minimum Gasteiger partial charge on any atom is -0.323 e. The summed E-state index contributed by atoms with van der Waals surface area (Å²) in [6.45, 7) is 4.83. The van der Waals surface area contributed by atoms with Crippen LogP contribution in [0.5, 0.6) is 0 Å². The van der Waals surface area contributed by atoms with Crippen molar-refractivity contribution in [2.75, 3.05) is 13.1 Å². The van der Waals surface area contributed by atoms with Crippen LogP contribution in [0.4, 0.5) is 0 Å². The minimum absolute atomic E-state index is 0.306. The summed E-state index contributed by atoms with van der Waals surface area (Å²) >= 11 is 0. The van der Waals surface area contributed by atoms with Gasteiger partial charge >= 0.3 is 0 Å². The number of benzene rings is 1. The van der Waals surface area contributed by atoms with E-state index in [1.807, 2.05) is 32.0 Å².